The highest BCUT2D eigenvalue weighted by atomic mass is 16.3. The topological polar surface area (TPSA) is 78.0 Å². The summed E-state index contributed by atoms with van der Waals surface area (Å²) < 4.78 is 0. The summed E-state index contributed by atoms with van der Waals surface area (Å²) in [5, 5.41) is 12.8. The molecule has 0 radical (unpaired) electrons. The fourth-order valence-electron chi connectivity index (χ4n) is 2.65. The average molecular weight is 259 g/mol. The van der Waals surface area contributed by atoms with Crippen molar-refractivity contribution in [2.75, 3.05) is 0 Å². The van der Waals surface area contributed by atoms with Crippen LogP contribution in [0.1, 0.15) is 36.0 Å². The zero-order chi connectivity index (χ0) is 13.2. The first kappa shape index (κ1) is 12.2. The molecule has 1 saturated carbocycles. The fourth-order valence-corrected chi connectivity index (χ4v) is 2.65. The molecule has 19 heavy (non-hydrogen) atoms. The van der Waals surface area contributed by atoms with Gasteiger partial charge in [0.25, 0.3) is 5.91 Å². The molecule has 5 nitrogen and oxygen atoms in total. The van der Waals surface area contributed by atoms with Gasteiger partial charge in [0.2, 0.25) is 0 Å². The number of aromatic amines is 1. The molecule has 2 heterocycles. The first-order valence-corrected chi connectivity index (χ1v) is 6.67. The van der Waals surface area contributed by atoms with E-state index in [2.05, 4.69) is 15.3 Å². The van der Waals surface area contributed by atoms with Gasteiger partial charge in [-0.2, -0.15) is 0 Å². The SMILES string of the molecule is O=C(N[C@H]1CCCC[C@H]1O)c1c[nH]c2cccnc12. The zero-order valence-electron chi connectivity index (χ0n) is 10.6. The van der Waals surface area contributed by atoms with E-state index in [1.807, 2.05) is 12.1 Å². The maximum atomic E-state index is 12.3. The Bertz CT molecular complexity index is 593. The molecule has 0 aromatic carbocycles. The number of pyridine rings is 1. The number of hydrogen-bond donors (Lipinski definition) is 3. The molecular weight excluding hydrogens is 242 g/mol. The molecule has 2 aromatic rings. The fraction of sp³-hybridized carbons (Fsp3) is 0.429. The predicted octanol–water partition coefficient (Wildman–Crippen LogP) is 1.60. The minimum absolute atomic E-state index is 0.144. The highest BCUT2D eigenvalue weighted by Crippen LogP contribution is 2.20. The van der Waals surface area contributed by atoms with E-state index in [1.54, 1.807) is 12.4 Å². The van der Waals surface area contributed by atoms with Crippen LogP contribution >= 0.6 is 0 Å². The van der Waals surface area contributed by atoms with Gasteiger partial charge in [0.1, 0.15) is 5.52 Å². The van der Waals surface area contributed by atoms with E-state index in [0.717, 1.165) is 31.2 Å². The molecule has 3 rings (SSSR count). The summed E-state index contributed by atoms with van der Waals surface area (Å²) >= 11 is 0. The Morgan fingerprint density at radius 1 is 1.42 bits per heavy atom. The molecule has 1 aliphatic rings. The molecular formula is C14H17N3O2. The summed E-state index contributed by atoms with van der Waals surface area (Å²) in [5.74, 6) is -0.170. The van der Waals surface area contributed by atoms with E-state index in [0.29, 0.717) is 11.1 Å². The van der Waals surface area contributed by atoms with Crippen molar-refractivity contribution < 1.29 is 9.90 Å². The minimum atomic E-state index is -0.434. The Labute approximate surface area is 111 Å². The average Bonchev–Trinajstić information content (AvgIpc) is 2.85. The van der Waals surface area contributed by atoms with E-state index in [9.17, 15) is 9.90 Å². The third-order valence-electron chi connectivity index (χ3n) is 3.73. The van der Waals surface area contributed by atoms with E-state index < -0.39 is 6.10 Å². The number of amides is 1. The lowest BCUT2D eigenvalue weighted by molar-refractivity contribution is 0.0718. The summed E-state index contributed by atoms with van der Waals surface area (Å²) in [7, 11) is 0. The van der Waals surface area contributed by atoms with Crippen LogP contribution in [0.4, 0.5) is 0 Å². The molecule has 2 aromatic heterocycles. The summed E-state index contributed by atoms with van der Waals surface area (Å²) in [4.78, 5) is 19.5. The quantitative estimate of drug-likeness (QED) is 0.766. The third-order valence-corrected chi connectivity index (χ3v) is 3.73. The van der Waals surface area contributed by atoms with Crippen molar-refractivity contribution in [2.24, 2.45) is 0 Å². The van der Waals surface area contributed by atoms with Crippen LogP contribution in [0.5, 0.6) is 0 Å². The summed E-state index contributed by atoms with van der Waals surface area (Å²) in [6.45, 7) is 0. The highest BCUT2D eigenvalue weighted by molar-refractivity contribution is 6.05. The summed E-state index contributed by atoms with van der Waals surface area (Å²) in [5.41, 5.74) is 2.05. The van der Waals surface area contributed by atoms with Gasteiger partial charge >= 0.3 is 0 Å². The van der Waals surface area contributed by atoms with Crippen LogP contribution in [0.3, 0.4) is 0 Å². The van der Waals surface area contributed by atoms with Gasteiger partial charge in [-0.3, -0.25) is 9.78 Å². The van der Waals surface area contributed by atoms with Crippen molar-refractivity contribution >= 4 is 16.9 Å². The van der Waals surface area contributed by atoms with Gasteiger partial charge in [-0.05, 0) is 25.0 Å². The number of carbonyl (C=O) groups excluding carboxylic acids is 1. The van der Waals surface area contributed by atoms with Gasteiger partial charge in [-0.15, -0.1) is 0 Å². The molecule has 0 bridgehead atoms. The van der Waals surface area contributed by atoms with Gasteiger partial charge in [-0.1, -0.05) is 12.8 Å². The number of aliphatic hydroxyl groups excluding tert-OH is 1. The number of aromatic nitrogens is 2. The smallest absolute Gasteiger partial charge is 0.255 e. The van der Waals surface area contributed by atoms with E-state index in [1.165, 1.54) is 0 Å². The Balaban J connectivity index is 1.80. The number of carbonyl (C=O) groups is 1. The second-order valence-corrected chi connectivity index (χ2v) is 5.03. The number of aliphatic hydroxyl groups is 1. The van der Waals surface area contributed by atoms with Crippen molar-refractivity contribution in [3.8, 4) is 0 Å². The number of rotatable bonds is 2. The van der Waals surface area contributed by atoms with Crippen LogP contribution in [-0.2, 0) is 0 Å². The van der Waals surface area contributed by atoms with Gasteiger partial charge in [0.05, 0.1) is 23.2 Å². The van der Waals surface area contributed by atoms with Gasteiger partial charge in [0.15, 0.2) is 0 Å². The number of hydrogen-bond acceptors (Lipinski definition) is 3. The van der Waals surface area contributed by atoms with Crippen LogP contribution < -0.4 is 5.32 Å². The molecule has 2 atom stereocenters. The van der Waals surface area contributed by atoms with Gasteiger partial charge in [-0.25, -0.2) is 0 Å². The Kier molecular flexibility index (Phi) is 3.21. The molecule has 0 spiro atoms. The summed E-state index contributed by atoms with van der Waals surface area (Å²) in [6, 6.07) is 3.56. The number of nitrogens with one attached hydrogen (secondary N) is 2. The van der Waals surface area contributed by atoms with Crippen molar-refractivity contribution in [2.45, 2.75) is 37.8 Å². The summed E-state index contributed by atoms with van der Waals surface area (Å²) in [6.07, 6.45) is 6.58. The maximum Gasteiger partial charge on any atom is 0.255 e. The number of H-pyrrole nitrogens is 1. The molecule has 0 aliphatic heterocycles. The van der Waals surface area contributed by atoms with Crippen molar-refractivity contribution in [3.05, 3.63) is 30.1 Å². The van der Waals surface area contributed by atoms with Crippen LogP contribution in [0.15, 0.2) is 24.5 Å². The number of fused-ring (bicyclic) bond motifs is 1. The molecule has 3 N–H and O–H groups in total. The highest BCUT2D eigenvalue weighted by Gasteiger charge is 2.25. The Hall–Kier alpha value is -1.88. The van der Waals surface area contributed by atoms with Gasteiger partial charge < -0.3 is 15.4 Å². The lowest BCUT2D eigenvalue weighted by atomic mass is 9.92. The Morgan fingerprint density at radius 2 is 2.26 bits per heavy atom. The standard InChI is InChI=1S/C14H17N3O2/c18-12-6-2-1-4-10(12)17-14(19)9-8-16-11-5-3-7-15-13(9)11/h3,5,7-8,10,12,16,18H,1-2,4,6H2,(H,17,19)/t10-,12+/m0/s1. The first-order valence-electron chi connectivity index (χ1n) is 6.67. The van der Waals surface area contributed by atoms with Crippen molar-refractivity contribution in [1.29, 1.82) is 0 Å². The molecule has 1 fully saturated rings. The monoisotopic (exact) mass is 259 g/mol. The zero-order valence-corrected chi connectivity index (χ0v) is 10.6. The third kappa shape index (κ3) is 2.33. The largest absolute Gasteiger partial charge is 0.391 e. The lowest BCUT2D eigenvalue weighted by Crippen LogP contribution is -2.45. The van der Waals surface area contributed by atoms with Gasteiger partial charge in [0, 0.05) is 12.4 Å². The van der Waals surface area contributed by atoms with E-state index in [4.69, 9.17) is 0 Å². The molecule has 5 heteroatoms. The Morgan fingerprint density at radius 3 is 3.11 bits per heavy atom. The second kappa shape index (κ2) is 5.01. The van der Waals surface area contributed by atoms with E-state index in [-0.39, 0.29) is 11.9 Å². The molecule has 0 saturated heterocycles. The maximum absolute atomic E-state index is 12.3. The predicted molar refractivity (Wildman–Crippen MR) is 71.8 cm³/mol. The van der Waals surface area contributed by atoms with Crippen LogP contribution in [-0.4, -0.2) is 33.1 Å². The number of nitrogens with zero attached hydrogens (tertiary/aromatic N) is 1. The van der Waals surface area contributed by atoms with E-state index >= 15 is 0 Å². The minimum Gasteiger partial charge on any atom is -0.391 e. The normalized spacial score (nSPS) is 23.4. The molecule has 0 unspecified atom stereocenters. The van der Waals surface area contributed by atoms with Crippen molar-refractivity contribution in [1.82, 2.24) is 15.3 Å². The molecule has 1 aliphatic carbocycles. The molecule has 100 valence electrons. The second-order valence-electron chi connectivity index (χ2n) is 5.03. The lowest BCUT2D eigenvalue weighted by Gasteiger charge is -2.28. The molecule has 1 amide bonds. The van der Waals surface area contributed by atoms with Crippen LogP contribution in [0.2, 0.25) is 0 Å². The van der Waals surface area contributed by atoms with Crippen molar-refractivity contribution in [3.63, 3.8) is 0 Å². The first-order chi connectivity index (χ1) is 9.25. The van der Waals surface area contributed by atoms with Crippen LogP contribution in [0, 0.1) is 0 Å². The van der Waals surface area contributed by atoms with Crippen LogP contribution in [0.25, 0.3) is 11.0 Å².